The number of nitrogens with zero attached hydrogens (tertiary/aromatic N) is 2. The number of hydrogen-bond acceptors (Lipinski definition) is 5. The van der Waals surface area contributed by atoms with Crippen LogP contribution in [0.25, 0.3) is 0 Å². The van der Waals surface area contributed by atoms with Crippen molar-refractivity contribution >= 4 is 11.8 Å². The summed E-state index contributed by atoms with van der Waals surface area (Å²) < 4.78 is 5.37. The molecule has 0 atom stereocenters. The molecular weight excluding hydrogens is 282 g/mol. The Labute approximate surface area is 129 Å². The number of benzene rings is 1. The van der Waals surface area contributed by atoms with Crippen LogP contribution in [0.15, 0.2) is 39.8 Å². The third-order valence-electron chi connectivity index (χ3n) is 4.19. The summed E-state index contributed by atoms with van der Waals surface area (Å²) in [5.41, 5.74) is 6.07. The van der Waals surface area contributed by atoms with E-state index in [2.05, 4.69) is 29.2 Å². The topological polar surface area (TPSA) is 64.9 Å². The predicted molar refractivity (Wildman–Crippen MR) is 83.8 cm³/mol. The van der Waals surface area contributed by atoms with Gasteiger partial charge in [0.15, 0.2) is 5.82 Å². The minimum atomic E-state index is -0.397. The molecule has 1 fully saturated rings. The largest absolute Gasteiger partial charge is 0.338 e. The predicted octanol–water partition coefficient (Wildman–Crippen LogP) is 3.73. The quantitative estimate of drug-likeness (QED) is 0.872. The van der Waals surface area contributed by atoms with Crippen LogP contribution in [0.2, 0.25) is 0 Å². The highest BCUT2D eigenvalue weighted by Gasteiger charge is 2.36. The average molecular weight is 303 g/mol. The molecule has 5 heteroatoms. The van der Waals surface area contributed by atoms with E-state index in [1.165, 1.54) is 4.90 Å². The summed E-state index contributed by atoms with van der Waals surface area (Å²) in [6, 6.07) is 10.2. The molecule has 1 heterocycles. The summed E-state index contributed by atoms with van der Waals surface area (Å²) in [5, 5.41) is 4.12. The van der Waals surface area contributed by atoms with Crippen molar-refractivity contribution < 1.29 is 4.52 Å². The third kappa shape index (κ3) is 3.47. The van der Waals surface area contributed by atoms with Gasteiger partial charge in [0.1, 0.15) is 0 Å². The molecule has 4 nitrogen and oxygen atoms in total. The highest BCUT2D eigenvalue weighted by Crippen LogP contribution is 2.36. The molecule has 0 aliphatic heterocycles. The fourth-order valence-electron chi connectivity index (χ4n) is 2.68. The van der Waals surface area contributed by atoms with Gasteiger partial charge in [0.2, 0.25) is 5.89 Å². The maximum Gasteiger partial charge on any atom is 0.237 e. The Morgan fingerprint density at radius 2 is 2.00 bits per heavy atom. The number of hydrogen-bond donors (Lipinski definition) is 1. The molecule has 0 bridgehead atoms. The van der Waals surface area contributed by atoms with E-state index >= 15 is 0 Å². The van der Waals surface area contributed by atoms with Crippen molar-refractivity contribution in [2.45, 2.75) is 48.8 Å². The van der Waals surface area contributed by atoms with E-state index in [9.17, 15) is 0 Å². The number of aromatic nitrogens is 2. The van der Waals surface area contributed by atoms with Gasteiger partial charge in [-0.15, -0.1) is 11.8 Å². The van der Waals surface area contributed by atoms with Gasteiger partial charge in [0.05, 0.1) is 11.3 Å². The Kier molecular flexibility index (Phi) is 4.31. The maximum atomic E-state index is 6.47. The van der Waals surface area contributed by atoms with Crippen LogP contribution in [-0.4, -0.2) is 10.1 Å². The number of thioether (sulfide) groups is 1. The van der Waals surface area contributed by atoms with Gasteiger partial charge in [-0.25, -0.2) is 0 Å². The van der Waals surface area contributed by atoms with E-state index < -0.39 is 5.54 Å². The lowest BCUT2D eigenvalue weighted by Crippen LogP contribution is -2.41. The van der Waals surface area contributed by atoms with Gasteiger partial charge in [-0.05, 0) is 43.7 Å². The summed E-state index contributed by atoms with van der Waals surface area (Å²) in [6.07, 6.45) is 4.16. The van der Waals surface area contributed by atoms with Crippen LogP contribution in [0.3, 0.4) is 0 Å². The monoisotopic (exact) mass is 303 g/mol. The second kappa shape index (κ2) is 6.20. The van der Waals surface area contributed by atoms with E-state index in [4.69, 9.17) is 10.3 Å². The van der Waals surface area contributed by atoms with Crippen molar-refractivity contribution in [2.24, 2.45) is 11.7 Å². The molecule has 112 valence electrons. The molecule has 0 saturated heterocycles. The molecular formula is C16H21N3OS. The van der Waals surface area contributed by atoms with E-state index in [1.807, 2.05) is 18.2 Å². The molecule has 1 saturated carbocycles. The van der Waals surface area contributed by atoms with E-state index in [-0.39, 0.29) is 0 Å². The summed E-state index contributed by atoms with van der Waals surface area (Å²) in [4.78, 5) is 5.72. The third-order valence-corrected chi connectivity index (χ3v) is 5.18. The molecule has 1 aromatic heterocycles. The van der Waals surface area contributed by atoms with E-state index in [0.717, 1.165) is 31.6 Å². The lowest BCUT2D eigenvalue weighted by atomic mass is 9.77. The first kappa shape index (κ1) is 14.6. The SMILES string of the molecule is CC1CCC(N)(c2noc(CSc3ccccc3)n2)CC1. The second-order valence-corrected chi connectivity index (χ2v) is 7.00. The van der Waals surface area contributed by atoms with Crippen molar-refractivity contribution in [1.82, 2.24) is 10.1 Å². The molecule has 1 aromatic carbocycles. The van der Waals surface area contributed by atoms with Crippen molar-refractivity contribution in [3.05, 3.63) is 42.0 Å². The minimum Gasteiger partial charge on any atom is -0.338 e. The zero-order valence-electron chi connectivity index (χ0n) is 12.3. The summed E-state index contributed by atoms with van der Waals surface area (Å²) in [5.74, 6) is 2.77. The molecule has 0 amide bonds. The van der Waals surface area contributed by atoms with Crippen LogP contribution in [-0.2, 0) is 11.3 Å². The van der Waals surface area contributed by atoms with Crippen molar-refractivity contribution in [1.29, 1.82) is 0 Å². The molecule has 0 unspecified atom stereocenters. The number of rotatable bonds is 4. The summed E-state index contributed by atoms with van der Waals surface area (Å²) in [7, 11) is 0. The van der Waals surface area contributed by atoms with Crippen LogP contribution in [0.1, 0.15) is 44.3 Å². The Morgan fingerprint density at radius 1 is 1.29 bits per heavy atom. The lowest BCUT2D eigenvalue weighted by Gasteiger charge is -2.33. The van der Waals surface area contributed by atoms with Crippen LogP contribution in [0.4, 0.5) is 0 Å². The lowest BCUT2D eigenvalue weighted by molar-refractivity contribution is 0.230. The van der Waals surface area contributed by atoms with Crippen LogP contribution in [0, 0.1) is 5.92 Å². The van der Waals surface area contributed by atoms with Crippen LogP contribution >= 0.6 is 11.8 Å². The molecule has 2 aromatic rings. The van der Waals surface area contributed by atoms with Crippen molar-refractivity contribution in [3.8, 4) is 0 Å². The highest BCUT2D eigenvalue weighted by molar-refractivity contribution is 7.98. The smallest absolute Gasteiger partial charge is 0.237 e. The van der Waals surface area contributed by atoms with Gasteiger partial charge in [-0.1, -0.05) is 30.3 Å². The first-order valence-electron chi connectivity index (χ1n) is 7.45. The Bertz CT molecular complexity index is 576. The Hall–Kier alpha value is -1.33. The van der Waals surface area contributed by atoms with Gasteiger partial charge in [0, 0.05) is 4.90 Å². The first-order valence-corrected chi connectivity index (χ1v) is 8.44. The second-order valence-electron chi connectivity index (χ2n) is 5.95. The van der Waals surface area contributed by atoms with Gasteiger partial charge >= 0.3 is 0 Å². The zero-order chi connectivity index (χ0) is 14.7. The molecule has 0 spiro atoms. The van der Waals surface area contributed by atoms with Crippen LogP contribution < -0.4 is 5.73 Å². The Morgan fingerprint density at radius 3 is 2.71 bits per heavy atom. The van der Waals surface area contributed by atoms with Crippen molar-refractivity contribution in [2.75, 3.05) is 0 Å². The zero-order valence-corrected chi connectivity index (χ0v) is 13.1. The Balaban J connectivity index is 1.63. The normalized spacial score (nSPS) is 25.9. The standard InChI is InChI=1S/C16H21N3OS/c1-12-7-9-16(17,10-8-12)15-18-14(20-19-15)11-21-13-5-3-2-4-6-13/h2-6,12H,7-11,17H2,1H3. The maximum absolute atomic E-state index is 6.47. The van der Waals surface area contributed by atoms with Gasteiger partial charge in [-0.3, -0.25) is 0 Å². The summed E-state index contributed by atoms with van der Waals surface area (Å²) in [6.45, 7) is 2.28. The molecule has 1 aliphatic carbocycles. The fourth-order valence-corrected chi connectivity index (χ4v) is 3.44. The highest BCUT2D eigenvalue weighted by atomic mass is 32.2. The van der Waals surface area contributed by atoms with E-state index in [0.29, 0.717) is 17.5 Å². The summed E-state index contributed by atoms with van der Waals surface area (Å²) >= 11 is 1.70. The van der Waals surface area contributed by atoms with Crippen molar-refractivity contribution in [3.63, 3.8) is 0 Å². The first-order chi connectivity index (χ1) is 10.2. The number of nitrogens with two attached hydrogens (primary N) is 1. The van der Waals surface area contributed by atoms with Gasteiger partial charge < -0.3 is 10.3 Å². The molecule has 2 N–H and O–H groups in total. The molecule has 21 heavy (non-hydrogen) atoms. The van der Waals surface area contributed by atoms with Crippen LogP contribution in [0.5, 0.6) is 0 Å². The van der Waals surface area contributed by atoms with Gasteiger partial charge in [0.25, 0.3) is 0 Å². The fraction of sp³-hybridized carbons (Fsp3) is 0.500. The average Bonchev–Trinajstić information content (AvgIpc) is 2.99. The molecule has 3 rings (SSSR count). The van der Waals surface area contributed by atoms with E-state index in [1.54, 1.807) is 11.8 Å². The molecule has 1 aliphatic rings. The minimum absolute atomic E-state index is 0.397. The molecule has 0 radical (unpaired) electrons. The van der Waals surface area contributed by atoms with Gasteiger partial charge in [-0.2, -0.15) is 4.98 Å².